The summed E-state index contributed by atoms with van der Waals surface area (Å²) in [6.45, 7) is 1.82. The number of esters is 1. The SMILES string of the molecule is Nc1ccc(C(=O)OCC(=O)Nc2ccc(N3CCCCCC3)cc2)cc1. The predicted octanol–water partition coefficient (Wildman–Crippen LogP) is 3.44. The van der Waals surface area contributed by atoms with Crippen molar-refractivity contribution in [2.75, 3.05) is 35.6 Å². The van der Waals surface area contributed by atoms with E-state index in [-0.39, 0.29) is 12.5 Å². The molecule has 0 spiro atoms. The molecule has 1 aliphatic heterocycles. The van der Waals surface area contributed by atoms with E-state index < -0.39 is 5.97 Å². The Hall–Kier alpha value is -3.02. The van der Waals surface area contributed by atoms with Crippen molar-refractivity contribution in [3.05, 3.63) is 54.1 Å². The van der Waals surface area contributed by atoms with E-state index in [1.165, 1.54) is 31.4 Å². The summed E-state index contributed by atoms with van der Waals surface area (Å²) < 4.78 is 5.03. The van der Waals surface area contributed by atoms with E-state index in [1.807, 2.05) is 24.3 Å². The summed E-state index contributed by atoms with van der Waals surface area (Å²) in [6.07, 6.45) is 5.02. The third-order valence-electron chi connectivity index (χ3n) is 4.60. The van der Waals surface area contributed by atoms with Gasteiger partial charge in [0.25, 0.3) is 5.91 Å². The number of hydrogen-bond acceptors (Lipinski definition) is 5. The molecule has 0 aliphatic carbocycles. The second-order valence-electron chi connectivity index (χ2n) is 6.69. The predicted molar refractivity (Wildman–Crippen MR) is 107 cm³/mol. The van der Waals surface area contributed by atoms with Crippen molar-refractivity contribution in [3.8, 4) is 0 Å². The van der Waals surface area contributed by atoms with Gasteiger partial charge in [-0.25, -0.2) is 4.79 Å². The maximum atomic E-state index is 12.0. The number of nitrogens with two attached hydrogens (primary N) is 1. The van der Waals surface area contributed by atoms with Crippen molar-refractivity contribution in [3.63, 3.8) is 0 Å². The van der Waals surface area contributed by atoms with Gasteiger partial charge < -0.3 is 20.7 Å². The first-order valence-corrected chi connectivity index (χ1v) is 9.29. The Morgan fingerprint density at radius 1 is 0.926 bits per heavy atom. The Kier molecular flexibility index (Phi) is 6.30. The fraction of sp³-hybridized carbons (Fsp3) is 0.333. The first kappa shape index (κ1) is 18.8. The van der Waals surface area contributed by atoms with E-state index in [0.717, 1.165) is 13.1 Å². The number of carbonyl (C=O) groups excluding carboxylic acids is 2. The molecule has 27 heavy (non-hydrogen) atoms. The van der Waals surface area contributed by atoms with Gasteiger partial charge in [0.05, 0.1) is 5.56 Å². The fourth-order valence-electron chi connectivity index (χ4n) is 3.12. The molecule has 1 amide bonds. The fourth-order valence-corrected chi connectivity index (χ4v) is 3.12. The topological polar surface area (TPSA) is 84.7 Å². The van der Waals surface area contributed by atoms with Gasteiger partial charge in [0.15, 0.2) is 6.61 Å². The third kappa shape index (κ3) is 5.48. The minimum atomic E-state index is -0.554. The first-order chi connectivity index (χ1) is 13.1. The van der Waals surface area contributed by atoms with Gasteiger partial charge in [-0.2, -0.15) is 0 Å². The number of nitrogen functional groups attached to an aromatic ring is 1. The molecule has 0 unspecified atom stereocenters. The number of nitrogens with one attached hydrogen (secondary N) is 1. The zero-order valence-electron chi connectivity index (χ0n) is 15.3. The number of anilines is 3. The number of rotatable bonds is 5. The summed E-state index contributed by atoms with van der Waals surface area (Å²) in [6, 6.07) is 14.1. The van der Waals surface area contributed by atoms with Crippen molar-refractivity contribution in [2.24, 2.45) is 0 Å². The standard InChI is InChI=1S/C21H25N3O3/c22-17-7-5-16(6-8-17)21(26)27-15-20(25)23-18-9-11-19(12-10-18)24-13-3-1-2-4-14-24/h5-12H,1-4,13-15,22H2,(H,23,25). The molecule has 1 aliphatic rings. The van der Waals surface area contributed by atoms with Gasteiger partial charge in [-0.3, -0.25) is 4.79 Å². The van der Waals surface area contributed by atoms with Crippen molar-refractivity contribution in [1.29, 1.82) is 0 Å². The summed E-state index contributed by atoms with van der Waals surface area (Å²) in [5, 5.41) is 2.75. The van der Waals surface area contributed by atoms with Crippen LogP contribution in [-0.2, 0) is 9.53 Å². The van der Waals surface area contributed by atoms with E-state index >= 15 is 0 Å². The Bertz CT molecular complexity index is 764. The molecule has 1 saturated heterocycles. The van der Waals surface area contributed by atoms with Crippen molar-refractivity contribution in [1.82, 2.24) is 0 Å². The Morgan fingerprint density at radius 2 is 1.56 bits per heavy atom. The number of amides is 1. The van der Waals surface area contributed by atoms with Gasteiger partial charge in [-0.15, -0.1) is 0 Å². The van der Waals surface area contributed by atoms with Crippen LogP contribution in [0.25, 0.3) is 0 Å². The summed E-state index contributed by atoms with van der Waals surface area (Å²) in [4.78, 5) is 26.3. The number of benzene rings is 2. The molecule has 2 aromatic carbocycles. The van der Waals surface area contributed by atoms with Crippen LogP contribution in [0, 0.1) is 0 Å². The van der Waals surface area contributed by atoms with Crippen LogP contribution in [0.5, 0.6) is 0 Å². The van der Waals surface area contributed by atoms with Gasteiger partial charge in [0, 0.05) is 30.2 Å². The van der Waals surface area contributed by atoms with E-state index in [4.69, 9.17) is 10.5 Å². The monoisotopic (exact) mass is 367 g/mol. The van der Waals surface area contributed by atoms with Crippen LogP contribution in [0.3, 0.4) is 0 Å². The normalized spacial score (nSPS) is 14.3. The van der Waals surface area contributed by atoms with Crippen molar-refractivity contribution in [2.45, 2.75) is 25.7 Å². The van der Waals surface area contributed by atoms with E-state index in [0.29, 0.717) is 16.9 Å². The molecule has 0 aromatic heterocycles. The van der Waals surface area contributed by atoms with Gasteiger partial charge in [0.1, 0.15) is 0 Å². The van der Waals surface area contributed by atoms with Crippen LogP contribution in [0.4, 0.5) is 17.1 Å². The maximum Gasteiger partial charge on any atom is 0.338 e. The lowest BCUT2D eigenvalue weighted by atomic mass is 10.2. The lowest BCUT2D eigenvalue weighted by Crippen LogP contribution is -2.24. The molecule has 1 heterocycles. The summed E-state index contributed by atoms with van der Waals surface area (Å²) in [7, 11) is 0. The minimum Gasteiger partial charge on any atom is -0.452 e. The molecule has 3 N–H and O–H groups in total. The lowest BCUT2D eigenvalue weighted by Gasteiger charge is -2.22. The van der Waals surface area contributed by atoms with E-state index in [9.17, 15) is 9.59 Å². The molecule has 6 heteroatoms. The van der Waals surface area contributed by atoms with Gasteiger partial charge in [-0.05, 0) is 61.4 Å². The van der Waals surface area contributed by atoms with Crippen LogP contribution in [0.15, 0.2) is 48.5 Å². The maximum absolute atomic E-state index is 12.0. The van der Waals surface area contributed by atoms with E-state index in [2.05, 4.69) is 10.2 Å². The van der Waals surface area contributed by atoms with E-state index in [1.54, 1.807) is 24.3 Å². The number of ether oxygens (including phenoxy) is 1. The van der Waals surface area contributed by atoms with Crippen molar-refractivity contribution >= 4 is 28.9 Å². The van der Waals surface area contributed by atoms with Gasteiger partial charge >= 0.3 is 5.97 Å². The molecule has 142 valence electrons. The second-order valence-corrected chi connectivity index (χ2v) is 6.69. The van der Waals surface area contributed by atoms with Crippen LogP contribution >= 0.6 is 0 Å². The summed E-state index contributed by atoms with van der Waals surface area (Å²) in [5.74, 6) is -0.928. The second kappa shape index (κ2) is 9.07. The van der Waals surface area contributed by atoms with Crippen LogP contribution in [0.1, 0.15) is 36.0 Å². The quantitative estimate of drug-likeness (QED) is 0.625. The zero-order chi connectivity index (χ0) is 19.1. The Labute approximate surface area is 159 Å². The Morgan fingerprint density at radius 3 is 2.19 bits per heavy atom. The summed E-state index contributed by atoms with van der Waals surface area (Å²) in [5.41, 5.74) is 8.36. The third-order valence-corrected chi connectivity index (χ3v) is 4.60. The first-order valence-electron chi connectivity index (χ1n) is 9.29. The largest absolute Gasteiger partial charge is 0.452 e. The van der Waals surface area contributed by atoms with Crippen LogP contribution in [-0.4, -0.2) is 31.6 Å². The highest BCUT2D eigenvalue weighted by Gasteiger charge is 2.12. The van der Waals surface area contributed by atoms with Gasteiger partial charge in [-0.1, -0.05) is 12.8 Å². The highest BCUT2D eigenvalue weighted by molar-refractivity contribution is 5.95. The smallest absolute Gasteiger partial charge is 0.338 e. The highest BCUT2D eigenvalue weighted by Crippen LogP contribution is 2.21. The number of carbonyl (C=O) groups is 2. The van der Waals surface area contributed by atoms with Crippen molar-refractivity contribution < 1.29 is 14.3 Å². The number of nitrogens with zero attached hydrogens (tertiary/aromatic N) is 1. The summed E-state index contributed by atoms with van der Waals surface area (Å²) >= 11 is 0. The molecule has 6 nitrogen and oxygen atoms in total. The molecular weight excluding hydrogens is 342 g/mol. The van der Waals surface area contributed by atoms with Gasteiger partial charge in [0.2, 0.25) is 0 Å². The molecule has 0 atom stereocenters. The van der Waals surface area contributed by atoms with Crippen LogP contribution < -0.4 is 16.0 Å². The minimum absolute atomic E-state index is 0.336. The van der Waals surface area contributed by atoms with Crippen LogP contribution in [0.2, 0.25) is 0 Å². The zero-order valence-corrected chi connectivity index (χ0v) is 15.3. The molecule has 0 saturated carbocycles. The molecule has 3 rings (SSSR count). The molecule has 0 bridgehead atoms. The lowest BCUT2D eigenvalue weighted by molar-refractivity contribution is -0.119. The molecule has 2 aromatic rings. The molecular formula is C21H25N3O3. The Balaban J connectivity index is 1.48. The molecule has 1 fully saturated rings. The molecule has 0 radical (unpaired) electrons. The average Bonchev–Trinajstić information content (AvgIpc) is 2.97. The number of hydrogen-bond donors (Lipinski definition) is 2. The average molecular weight is 367 g/mol. The highest BCUT2D eigenvalue weighted by atomic mass is 16.5.